The Labute approximate surface area is 326 Å². The second kappa shape index (κ2) is 18.3. The molecule has 2 aromatic heterocycles. The van der Waals surface area contributed by atoms with Crippen LogP contribution in [0.4, 0.5) is 23.7 Å². The quantitative estimate of drug-likeness (QED) is 0.0323. The molecule has 1 aliphatic rings. The van der Waals surface area contributed by atoms with Crippen LogP contribution in [0.3, 0.4) is 0 Å². The number of nitrogens with one attached hydrogen (secondary N) is 1. The van der Waals surface area contributed by atoms with Crippen molar-refractivity contribution in [2.45, 2.75) is 84.2 Å². The number of carbonyl (C=O) groups is 3. The first kappa shape index (κ1) is 42.2. The van der Waals surface area contributed by atoms with Gasteiger partial charge in [-0.15, -0.1) is 0 Å². The molecule has 15 heteroatoms. The van der Waals surface area contributed by atoms with E-state index < -0.39 is 43.5 Å². The minimum atomic E-state index is -1.39. The van der Waals surface area contributed by atoms with Crippen molar-refractivity contribution in [3.8, 4) is 0 Å². The summed E-state index contributed by atoms with van der Waals surface area (Å²) in [4.78, 5) is 43.2. The number of hydrogen-bond acceptors (Lipinski definition) is 7. The number of rotatable bonds is 15. The summed E-state index contributed by atoms with van der Waals surface area (Å²) in [6.07, 6.45) is 7.58. The van der Waals surface area contributed by atoms with E-state index in [-0.39, 0.29) is 18.8 Å². The Morgan fingerprint density at radius 1 is 1.02 bits per heavy atom. The molecule has 0 saturated carbocycles. The van der Waals surface area contributed by atoms with Gasteiger partial charge in [0.2, 0.25) is 6.41 Å². The first-order valence-corrected chi connectivity index (χ1v) is 22.4. The highest BCUT2D eigenvalue weighted by atomic mass is 28.3. The largest absolute Gasteiger partial charge is 0.443 e. The number of alkyl halides is 1. The molecule has 1 N–H and O–H groups in total. The monoisotopic (exact) mass is 792 g/mol. The van der Waals surface area contributed by atoms with E-state index in [9.17, 15) is 27.6 Å². The predicted octanol–water partition coefficient (Wildman–Crippen LogP) is 8.19. The molecular weight excluding hydrogens is 742 g/mol. The molecule has 5 rings (SSSR count). The summed E-state index contributed by atoms with van der Waals surface area (Å²) in [6.45, 7) is 14.4. The van der Waals surface area contributed by atoms with Crippen molar-refractivity contribution < 1.29 is 37.0 Å². The molecule has 2 aromatic carbocycles. The van der Waals surface area contributed by atoms with Crippen LogP contribution in [0.5, 0.6) is 0 Å². The van der Waals surface area contributed by atoms with E-state index in [0.29, 0.717) is 68.0 Å². The highest BCUT2D eigenvalue weighted by molar-refractivity contribution is 6.76. The molecule has 3 heterocycles. The Hall–Kier alpha value is -4.99. The van der Waals surface area contributed by atoms with Crippen LogP contribution < -0.4 is 5.32 Å². The molecule has 0 bridgehead atoms. The van der Waals surface area contributed by atoms with Crippen LogP contribution in [0.25, 0.3) is 17.0 Å². The Bertz CT molecular complexity index is 2080. The zero-order valence-corrected chi connectivity index (χ0v) is 33.9. The van der Waals surface area contributed by atoms with Gasteiger partial charge in [0.15, 0.2) is 11.6 Å². The maximum Gasteiger partial charge on any atom is 0.419 e. The van der Waals surface area contributed by atoms with Gasteiger partial charge in [0.1, 0.15) is 18.5 Å². The zero-order valence-electron chi connectivity index (χ0n) is 32.9. The fourth-order valence-corrected chi connectivity index (χ4v) is 6.81. The van der Waals surface area contributed by atoms with Crippen LogP contribution in [0.2, 0.25) is 25.7 Å². The van der Waals surface area contributed by atoms with Crippen LogP contribution in [-0.4, -0.2) is 88.8 Å². The predicted molar refractivity (Wildman–Crippen MR) is 213 cm³/mol. The Morgan fingerprint density at radius 3 is 2.41 bits per heavy atom. The topological polar surface area (TPSA) is 111 Å². The third-order valence-corrected chi connectivity index (χ3v) is 10.7. The fourth-order valence-electron chi connectivity index (χ4n) is 6.06. The first-order chi connectivity index (χ1) is 26.5. The maximum absolute atomic E-state index is 13.9. The molecule has 0 radical (unpaired) electrons. The molecule has 300 valence electrons. The SMILES string of the molecule is CC(C)(C)OC(=O)n1c(/C=C/C(=C\N(C=O)COCC[Si](C)(C)C)C(=O)Nc2cnn(Cc3ccc(F)c(F)c3)c2)cc2cc(CN3CCC(F)CC3)ccc21. The van der Waals surface area contributed by atoms with Gasteiger partial charge in [0.25, 0.3) is 5.91 Å². The van der Waals surface area contributed by atoms with E-state index in [1.165, 1.54) is 44.9 Å². The molecule has 56 heavy (non-hydrogen) atoms. The molecule has 1 fully saturated rings. The minimum Gasteiger partial charge on any atom is -0.443 e. The number of aromatic nitrogens is 3. The van der Waals surface area contributed by atoms with Gasteiger partial charge in [-0.3, -0.25) is 24.1 Å². The number of carbonyl (C=O) groups excluding carboxylic acids is 3. The normalized spacial score (nSPS) is 14.8. The lowest BCUT2D eigenvalue weighted by Crippen LogP contribution is -2.33. The second-order valence-corrected chi connectivity index (χ2v) is 21.9. The van der Waals surface area contributed by atoms with Crippen LogP contribution in [0.15, 0.2) is 72.7 Å². The average molecular weight is 793 g/mol. The lowest BCUT2D eigenvalue weighted by atomic mass is 10.1. The van der Waals surface area contributed by atoms with Crippen molar-refractivity contribution in [3.63, 3.8) is 0 Å². The molecule has 4 aromatic rings. The number of piperidine rings is 1. The summed E-state index contributed by atoms with van der Waals surface area (Å²) >= 11 is 0. The van der Waals surface area contributed by atoms with Crippen molar-refractivity contribution in [2.24, 2.45) is 0 Å². The van der Waals surface area contributed by atoms with E-state index >= 15 is 0 Å². The first-order valence-electron chi connectivity index (χ1n) is 18.7. The number of halogens is 3. The van der Waals surface area contributed by atoms with Gasteiger partial charge < -0.3 is 14.8 Å². The second-order valence-electron chi connectivity index (χ2n) is 16.2. The van der Waals surface area contributed by atoms with E-state index in [0.717, 1.165) is 29.1 Å². The van der Waals surface area contributed by atoms with Crippen LogP contribution in [0, 0.1) is 11.6 Å². The van der Waals surface area contributed by atoms with E-state index in [1.807, 2.05) is 24.3 Å². The molecular formula is C41H51F3N6O5Si. The Morgan fingerprint density at radius 2 is 1.73 bits per heavy atom. The zero-order chi connectivity index (χ0) is 40.6. The van der Waals surface area contributed by atoms with Crippen LogP contribution in [-0.2, 0) is 32.2 Å². The van der Waals surface area contributed by atoms with Gasteiger partial charge in [-0.2, -0.15) is 5.10 Å². The number of fused-ring (bicyclic) bond motifs is 1. The Balaban J connectivity index is 1.45. The summed E-state index contributed by atoms with van der Waals surface area (Å²) in [6, 6.07) is 12.0. The summed E-state index contributed by atoms with van der Waals surface area (Å²) in [5.41, 5.74) is 2.07. The van der Waals surface area contributed by atoms with E-state index in [4.69, 9.17) is 9.47 Å². The summed E-state index contributed by atoms with van der Waals surface area (Å²) in [5, 5.41) is 7.79. The van der Waals surface area contributed by atoms with Crippen molar-refractivity contribution in [2.75, 3.05) is 31.7 Å². The molecule has 0 unspecified atom stereocenters. The standard InChI is InChI=1S/C41H51F3N6O5Si/c1-41(2,3)55-40(53)50-35(21-32-19-29(8-12-38(32)50)23-47-15-13-33(42)14-16-47)10-9-31(25-48(27-51)28-54-17-18-56(4,5)6)39(52)46-34-22-45-49(26-34)24-30-7-11-36(43)37(44)20-30/h7-12,19-22,25-27,33H,13-18,23-24,28H2,1-6H3,(H,46,52)/b10-9+,31-25+. The number of hydrogen-bond donors (Lipinski definition) is 1. The summed E-state index contributed by atoms with van der Waals surface area (Å²) < 4.78 is 55.5. The number of amides is 2. The summed E-state index contributed by atoms with van der Waals surface area (Å²) in [5.74, 6) is -2.53. The lowest BCUT2D eigenvalue weighted by molar-refractivity contribution is -0.119. The number of nitrogens with zero attached hydrogens (tertiary/aromatic N) is 5. The third-order valence-electron chi connectivity index (χ3n) is 8.99. The highest BCUT2D eigenvalue weighted by Gasteiger charge is 2.23. The van der Waals surface area contributed by atoms with Gasteiger partial charge in [-0.25, -0.2) is 22.5 Å². The minimum absolute atomic E-state index is 0.0530. The number of benzene rings is 2. The van der Waals surface area contributed by atoms with Crippen molar-refractivity contribution >= 4 is 49.2 Å². The number of anilines is 1. The highest BCUT2D eigenvalue weighted by Crippen LogP contribution is 2.26. The van der Waals surface area contributed by atoms with E-state index in [1.54, 1.807) is 26.8 Å². The van der Waals surface area contributed by atoms with Gasteiger partial charge in [0.05, 0.1) is 35.2 Å². The molecule has 2 amide bonds. The number of ether oxygens (including phenoxy) is 2. The molecule has 1 aliphatic heterocycles. The molecule has 11 nitrogen and oxygen atoms in total. The number of likely N-dealkylation sites (tertiary alicyclic amines) is 1. The van der Waals surface area contributed by atoms with Crippen molar-refractivity contribution in [3.05, 3.63) is 101 Å². The van der Waals surface area contributed by atoms with Crippen LogP contribution >= 0.6 is 0 Å². The van der Waals surface area contributed by atoms with Gasteiger partial charge >= 0.3 is 6.09 Å². The maximum atomic E-state index is 13.9. The fraction of sp³-hybridized carbons (Fsp3) is 0.415. The Kier molecular flexibility index (Phi) is 13.8. The summed E-state index contributed by atoms with van der Waals surface area (Å²) in [7, 11) is -1.39. The molecule has 0 spiro atoms. The molecule has 0 aliphatic carbocycles. The smallest absolute Gasteiger partial charge is 0.419 e. The molecule has 1 saturated heterocycles. The lowest BCUT2D eigenvalue weighted by Gasteiger charge is -2.28. The van der Waals surface area contributed by atoms with Gasteiger partial charge in [0, 0.05) is 52.1 Å². The van der Waals surface area contributed by atoms with Crippen molar-refractivity contribution in [1.29, 1.82) is 0 Å². The van der Waals surface area contributed by atoms with Crippen molar-refractivity contribution in [1.82, 2.24) is 24.1 Å². The van der Waals surface area contributed by atoms with Gasteiger partial charge in [-0.1, -0.05) is 31.8 Å². The van der Waals surface area contributed by atoms with Gasteiger partial charge in [-0.05, 0) is 93.3 Å². The average Bonchev–Trinajstić information content (AvgIpc) is 3.72. The van der Waals surface area contributed by atoms with Crippen LogP contribution in [0.1, 0.15) is 50.4 Å². The molecule has 0 atom stereocenters. The van der Waals surface area contributed by atoms with E-state index in [2.05, 4.69) is 35.0 Å². The third kappa shape index (κ3) is 12.3.